The van der Waals surface area contributed by atoms with E-state index in [1.54, 1.807) is 6.92 Å². The molecule has 1 atom stereocenters. The molecule has 3 amide bonds. The Balaban J connectivity index is 2.78. The van der Waals surface area contributed by atoms with Crippen LogP contribution in [0.2, 0.25) is 0 Å². The molecule has 0 radical (unpaired) electrons. The van der Waals surface area contributed by atoms with Crippen molar-refractivity contribution in [3.63, 3.8) is 0 Å². The third-order valence-corrected chi connectivity index (χ3v) is 1.67. The van der Waals surface area contributed by atoms with Crippen LogP contribution in [0.25, 0.3) is 0 Å². The molecule has 1 heterocycles. The Bertz CT molecular complexity index is 290. The van der Waals surface area contributed by atoms with E-state index in [4.69, 9.17) is 0 Å². The fraction of sp³-hybridized carbons (Fsp3) is 0.571. The number of imide groups is 1. The van der Waals surface area contributed by atoms with Gasteiger partial charge in [0.25, 0.3) is 11.5 Å². The quantitative estimate of drug-likeness (QED) is 0.446. The Morgan fingerprint density at radius 3 is 2.71 bits per heavy atom. The van der Waals surface area contributed by atoms with Gasteiger partial charge in [-0.3, -0.25) is 10.1 Å². The number of esters is 1. The third kappa shape index (κ3) is 1.67. The number of ether oxygens (including phenoxy) is 1. The van der Waals surface area contributed by atoms with Gasteiger partial charge in [0.2, 0.25) is 0 Å². The predicted molar refractivity (Wildman–Crippen MR) is 42.8 cm³/mol. The van der Waals surface area contributed by atoms with E-state index in [-0.39, 0.29) is 6.61 Å². The van der Waals surface area contributed by atoms with Gasteiger partial charge in [-0.15, -0.1) is 0 Å². The van der Waals surface area contributed by atoms with Gasteiger partial charge in [0.05, 0.1) is 6.61 Å². The molecule has 0 aliphatic carbocycles. The summed E-state index contributed by atoms with van der Waals surface area (Å²) in [6.07, 6.45) is 0. The molecule has 1 rings (SSSR count). The third-order valence-electron chi connectivity index (χ3n) is 1.67. The molecule has 0 aromatic carbocycles. The number of carbonyl (C=O) groups is 3. The molecule has 7 heteroatoms. The molecule has 14 heavy (non-hydrogen) atoms. The van der Waals surface area contributed by atoms with Crippen molar-refractivity contribution < 1.29 is 24.0 Å². The standard InChI is InChI=1S/C7H10N2O5/c1-3-13-5(11)7(2)4(10)8-6(12)9-14-7/h3H2,1-2H3,(H2,8,9,10,12). The molecule has 0 bridgehead atoms. The normalized spacial score (nSPS) is 26.4. The minimum atomic E-state index is -1.82. The van der Waals surface area contributed by atoms with Crippen molar-refractivity contribution in [1.82, 2.24) is 10.8 Å². The number of urea groups is 1. The fourth-order valence-electron chi connectivity index (χ4n) is 0.846. The van der Waals surface area contributed by atoms with Gasteiger partial charge >= 0.3 is 12.0 Å². The Kier molecular flexibility index (Phi) is 2.70. The van der Waals surface area contributed by atoms with E-state index in [0.717, 1.165) is 0 Å². The maximum atomic E-state index is 11.3. The minimum absolute atomic E-state index is 0.124. The molecule has 1 unspecified atom stereocenters. The molecule has 0 aromatic heterocycles. The average molecular weight is 202 g/mol. The van der Waals surface area contributed by atoms with Crippen molar-refractivity contribution in [1.29, 1.82) is 0 Å². The molecule has 7 nitrogen and oxygen atoms in total. The van der Waals surface area contributed by atoms with Crippen LogP contribution >= 0.6 is 0 Å². The van der Waals surface area contributed by atoms with Crippen molar-refractivity contribution in [2.45, 2.75) is 19.4 Å². The van der Waals surface area contributed by atoms with Crippen molar-refractivity contribution >= 4 is 17.9 Å². The number of carbonyl (C=O) groups excluding carboxylic acids is 3. The maximum absolute atomic E-state index is 11.3. The Morgan fingerprint density at radius 2 is 2.21 bits per heavy atom. The van der Waals surface area contributed by atoms with Crippen molar-refractivity contribution in [3.8, 4) is 0 Å². The second-order valence-corrected chi connectivity index (χ2v) is 2.74. The van der Waals surface area contributed by atoms with Crippen LogP contribution in [0.1, 0.15) is 13.8 Å². The lowest BCUT2D eigenvalue weighted by Gasteiger charge is -2.28. The lowest BCUT2D eigenvalue weighted by molar-refractivity contribution is -0.185. The van der Waals surface area contributed by atoms with E-state index in [9.17, 15) is 14.4 Å². The monoisotopic (exact) mass is 202 g/mol. The summed E-state index contributed by atoms with van der Waals surface area (Å²) < 4.78 is 4.61. The molecular formula is C7H10N2O5. The molecule has 1 aliphatic rings. The summed E-state index contributed by atoms with van der Waals surface area (Å²) in [6, 6.07) is -0.809. The second kappa shape index (κ2) is 3.62. The molecule has 2 N–H and O–H groups in total. The molecule has 78 valence electrons. The zero-order valence-electron chi connectivity index (χ0n) is 7.75. The number of hydrogen-bond donors (Lipinski definition) is 2. The van der Waals surface area contributed by atoms with Crippen LogP contribution in [0.15, 0.2) is 0 Å². The summed E-state index contributed by atoms with van der Waals surface area (Å²) in [5.41, 5.74) is 0.0551. The van der Waals surface area contributed by atoms with E-state index in [1.807, 2.05) is 10.8 Å². The average Bonchev–Trinajstić information content (AvgIpc) is 2.12. The Morgan fingerprint density at radius 1 is 1.57 bits per heavy atom. The van der Waals surface area contributed by atoms with Gasteiger partial charge in [-0.2, -0.15) is 0 Å². The van der Waals surface area contributed by atoms with E-state index in [2.05, 4.69) is 9.57 Å². The maximum Gasteiger partial charge on any atom is 0.350 e. The number of hydroxylamine groups is 1. The Hall–Kier alpha value is -1.63. The smallest absolute Gasteiger partial charge is 0.350 e. The molecular weight excluding hydrogens is 192 g/mol. The van der Waals surface area contributed by atoms with E-state index < -0.39 is 23.5 Å². The number of rotatable bonds is 2. The van der Waals surface area contributed by atoms with Gasteiger partial charge < -0.3 is 4.74 Å². The summed E-state index contributed by atoms with van der Waals surface area (Å²) >= 11 is 0. The zero-order valence-corrected chi connectivity index (χ0v) is 7.75. The highest BCUT2D eigenvalue weighted by Crippen LogP contribution is 2.14. The molecule has 0 aromatic rings. The van der Waals surface area contributed by atoms with Crippen molar-refractivity contribution in [2.24, 2.45) is 0 Å². The number of amides is 3. The number of hydrogen-bond acceptors (Lipinski definition) is 5. The predicted octanol–water partition coefficient (Wildman–Crippen LogP) is -0.921. The van der Waals surface area contributed by atoms with E-state index in [1.165, 1.54) is 6.92 Å². The molecule has 1 saturated heterocycles. The summed E-state index contributed by atoms with van der Waals surface area (Å²) in [7, 11) is 0. The van der Waals surface area contributed by atoms with Gasteiger partial charge in [0, 0.05) is 0 Å². The highest BCUT2D eigenvalue weighted by atomic mass is 16.7. The van der Waals surface area contributed by atoms with Crippen LogP contribution in [0.4, 0.5) is 4.79 Å². The van der Waals surface area contributed by atoms with Gasteiger partial charge in [-0.1, -0.05) is 0 Å². The minimum Gasteiger partial charge on any atom is -0.463 e. The first kappa shape index (κ1) is 10.5. The van der Waals surface area contributed by atoms with Gasteiger partial charge in [0.15, 0.2) is 0 Å². The van der Waals surface area contributed by atoms with Crippen LogP contribution in [0.3, 0.4) is 0 Å². The summed E-state index contributed by atoms with van der Waals surface area (Å²) in [4.78, 5) is 37.8. The molecule has 0 spiro atoms. The van der Waals surface area contributed by atoms with Crippen LogP contribution in [-0.2, 0) is 19.2 Å². The molecule has 0 saturated carbocycles. The fourth-order valence-corrected chi connectivity index (χ4v) is 0.846. The zero-order chi connectivity index (χ0) is 10.8. The summed E-state index contributed by atoms with van der Waals surface area (Å²) in [5, 5.41) is 1.89. The van der Waals surface area contributed by atoms with Crippen LogP contribution < -0.4 is 10.8 Å². The highest BCUT2D eigenvalue weighted by molar-refractivity contribution is 6.12. The SMILES string of the molecule is CCOC(=O)C1(C)ONC(=O)NC1=O. The first-order chi connectivity index (χ1) is 6.50. The van der Waals surface area contributed by atoms with Crippen molar-refractivity contribution in [2.75, 3.05) is 6.61 Å². The Labute approximate surface area is 79.7 Å². The molecule has 1 fully saturated rings. The van der Waals surface area contributed by atoms with Crippen molar-refractivity contribution in [3.05, 3.63) is 0 Å². The largest absolute Gasteiger partial charge is 0.463 e. The summed E-state index contributed by atoms with van der Waals surface area (Å²) in [5.74, 6) is -1.70. The molecule has 1 aliphatic heterocycles. The first-order valence-corrected chi connectivity index (χ1v) is 3.97. The van der Waals surface area contributed by atoms with Crippen LogP contribution in [0, 0.1) is 0 Å². The van der Waals surface area contributed by atoms with Crippen LogP contribution in [-0.4, -0.2) is 30.1 Å². The lowest BCUT2D eigenvalue weighted by atomic mass is 10.1. The second-order valence-electron chi connectivity index (χ2n) is 2.74. The van der Waals surface area contributed by atoms with E-state index in [0.29, 0.717) is 0 Å². The number of nitrogens with one attached hydrogen (secondary N) is 2. The highest BCUT2D eigenvalue weighted by Gasteiger charge is 2.49. The van der Waals surface area contributed by atoms with E-state index >= 15 is 0 Å². The van der Waals surface area contributed by atoms with Gasteiger partial charge in [0.1, 0.15) is 0 Å². The topological polar surface area (TPSA) is 93.7 Å². The summed E-state index contributed by atoms with van der Waals surface area (Å²) in [6.45, 7) is 2.93. The van der Waals surface area contributed by atoms with Gasteiger partial charge in [-0.05, 0) is 13.8 Å². The van der Waals surface area contributed by atoms with Gasteiger partial charge in [-0.25, -0.2) is 19.9 Å². The first-order valence-electron chi connectivity index (χ1n) is 3.97. The van der Waals surface area contributed by atoms with Crippen LogP contribution in [0.5, 0.6) is 0 Å². The lowest BCUT2D eigenvalue weighted by Crippen LogP contribution is -2.63.